The van der Waals surface area contributed by atoms with Gasteiger partial charge in [0.15, 0.2) is 0 Å². The van der Waals surface area contributed by atoms with Gasteiger partial charge in [-0.1, -0.05) is 0 Å². The minimum absolute atomic E-state index is 0.324. The first-order valence-corrected chi connectivity index (χ1v) is 7.91. The Labute approximate surface area is 115 Å². The van der Waals surface area contributed by atoms with Crippen LogP contribution < -0.4 is 0 Å². The molecular formula is C16H24NO2. The molecule has 1 saturated heterocycles. The maximum atomic E-state index is 13.1. The van der Waals surface area contributed by atoms with Crippen molar-refractivity contribution in [1.29, 1.82) is 0 Å². The molecule has 1 heterocycles. The van der Waals surface area contributed by atoms with Crippen LogP contribution in [0.3, 0.4) is 0 Å². The molecule has 4 aliphatic carbocycles. The normalized spacial score (nSPS) is 52.1. The Kier molecular flexibility index (Phi) is 2.35. The second-order valence-corrected chi connectivity index (χ2v) is 8.29. The van der Waals surface area contributed by atoms with Gasteiger partial charge in [-0.05, 0) is 69.6 Å². The van der Waals surface area contributed by atoms with Crippen LogP contribution in [0.5, 0.6) is 0 Å². The molecule has 5 aliphatic rings. The summed E-state index contributed by atoms with van der Waals surface area (Å²) >= 11 is 0. The van der Waals surface area contributed by atoms with Crippen molar-refractivity contribution in [1.82, 2.24) is 5.06 Å². The van der Waals surface area contributed by atoms with Gasteiger partial charge in [0.25, 0.3) is 0 Å². The predicted molar refractivity (Wildman–Crippen MR) is 70.6 cm³/mol. The van der Waals surface area contributed by atoms with Crippen LogP contribution in [-0.2, 0) is 10.0 Å². The number of hydroxylamine groups is 2. The molecule has 0 aromatic carbocycles. The van der Waals surface area contributed by atoms with Crippen LogP contribution in [0.25, 0.3) is 0 Å². The third kappa shape index (κ3) is 1.49. The summed E-state index contributed by atoms with van der Waals surface area (Å²) in [7, 11) is 0. The standard InChI is InChI=1S/C16H24NO2/c1-15(2)8-14(18)9-16(17(15)19)12-4-10-3-11(6-12)7-13(16)5-10/h10-13H,3-9H2,1-2H3. The summed E-state index contributed by atoms with van der Waals surface area (Å²) in [4.78, 5) is 12.3. The van der Waals surface area contributed by atoms with E-state index in [0.29, 0.717) is 30.5 Å². The Morgan fingerprint density at radius 2 is 1.47 bits per heavy atom. The van der Waals surface area contributed by atoms with Crippen LogP contribution in [-0.4, -0.2) is 21.9 Å². The van der Waals surface area contributed by atoms with E-state index in [9.17, 15) is 10.0 Å². The monoisotopic (exact) mass is 262 g/mol. The van der Waals surface area contributed by atoms with E-state index >= 15 is 0 Å². The Morgan fingerprint density at radius 3 is 2.00 bits per heavy atom. The largest absolute Gasteiger partial charge is 0.300 e. The summed E-state index contributed by atoms with van der Waals surface area (Å²) < 4.78 is 0. The lowest BCUT2D eigenvalue weighted by Crippen LogP contribution is -2.72. The maximum Gasteiger partial charge on any atom is 0.136 e. The summed E-state index contributed by atoms with van der Waals surface area (Å²) in [6.45, 7) is 3.92. The summed E-state index contributed by atoms with van der Waals surface area (Å²) in [5, 5.41) is 14.5. The van der Waals surface area contributed by atoms with Crippen molar-refractivity contribution in [3.63, 3.8) is 0 Å². The second-order valence-electron chi connectivity index (χ2n) is 8.29. The van der Waals surface area contributed by atoms with E-state index in [2.05, 4.69) is 0 Å². The third-order valence-electron chi connectivity index (χ3n) is 6.59. The minimum Gasteiger partial charge on any atom is -0.300 e. The summed E-state index contributed by atoms with van der Waals surface area (Å²) in [6, 6.07) is 0. The van der Waals surface area contributed by atoms with Crippen LogP contribution in [0.4, 0.5) is 0 Å². The molecule has 1 spiro atoms. The van der Waals surface area contributed by atoms with Gasteiger partial charge in [0.2, 0.25) is 0 Å². The zero-order valence-corrected chi connectivity index (χ0v) is 12.0. The van der Waals surface area contributed by atoms with Crippen molar-refractivity contribution >= 4 is 5.78 Å². The van der Waals surface area contributed by atoms with Crippen LogP contribution in [0.2, 0.25) is 0 Å². The Balaban J connectivity index is 1.77. The molecule has 19 heavy (non-hydrogen) atoms. The van der Waals surface area contributed by atoms with Gasteiger partial charge in [0.05, 0.1) is 11.1 Å². The lowest BCUT2D eigenvalue weighted by Gasteiger charge is -2.65. The average Bonchev–Trinajstić information content (AvgIpc) is 2.30. The first kappa shape index (κ1) is 12.3. The van der Waals surface area contributed by atoms with E-state index in [1.807, 2.05) is 13.8 Å². The maximum absolute atomic E-state index is 13.1. The zero-order valence-electron chi connectivity index (χ0n) is 12.0. The van der Waals surface area contributed by atoms with E-state index in [-0.39, 0.29) is 5.54 Å². The highest BCUT2D eigenvalue weighted by atomic mass is 16.5. The topological polar surface area (TPSA) is 40.2 Å². The number of hydrogen-bond donors (Lipinski definition) is 0. The fourth-order valence-corrected chi connectivity index (χ4v) is 6.19. The third-order valence-corrected chi connectivity index (χ3v) is 6.59. The minimum atomic E-state index is -0.495. The molecular weight excluding hydrogens is 238 g/mol. The number of ketones is 1. The first-order chi connectivity index (χ1) is 8.92. The molecule has 4 saturated carbocycles. The Morgan fingerprint density at radius 1 is 0.947 bits per heavy atom. The molecule has 1 radical (unpaired) electrons. The van der Waals surface area contributed by atoms with Crippen molar-refractivity contribution in [2.45, 2.75) is 69.9 Å². The molecule has 0 aromatic heterocycles. The first-order valence-electron chi connectivity index (χ1n) is 7.91. The van der Waals surface area contributed by atoms with Gasteiger partial charge in [-0.3, -0.25) is 4.79 Å². The Hall–Kier alpha value is -0.410. The van der Waals surface area contributed by atoms with E-state index in [4.69, 9.17) is 0 Å². The summed E-state index contributed by atoms with van der Waals surface area (Å²) in [6.07, 6.45) is 7.17. The molecule has 0 unspecified atom stereocenters. The van der Waals surface area contributed by atoms with Crippen LogP contribution in [0, 0.1) is 23.7 Å². The van der Waals surface area contributed by atoms with Crippen molar-refractivity contribution in [2.75, 3.05) is 0 Å². The van der Waals surface area contributed by atoms with Gasteiger partial charge in [-0.15, -0.1) is 10.3 Å². The summed E-state index contributed by atoms with van der Waals surface area (Å²) in [5.41, 5.74) is -0.822. The van der Waals surface area contributed by atoms with Gasteiger partial charge in [-0.25, -0.2) is 0 Å². The number of carbonyl (C=O) groups is 1. The molecule has 0 aromatic rings. The molecule has 5 fully saturated rings. The van der Waals surface area contributed by atoms with Crippen molar-refractivity contribution in [3.8, 4) is 0 Å². The quantitative estimate of drug-likeness (QED) is 0.673. The molecule has 1 aliphatic heterocycles. The van der Waals surface area contributed by atoms with Gasteiger partial charge in [0, 0.05) is 12.8 Å². The van der Waals surface area contributed by atoms with Crippen LogP contribution in [0.1, 0.15) is 58.8 Å². The van der Waals surface area contributed by atoms with E-state index < -0.39 is 5.54 Å². The van der Waals surface area contributed by atoms with Crippen molar-refractivity contribution in [3.05, 3.63) is 0 Å². The molecule has 3 heteroatoms. The highest BCUT2D eigenvalue weighted by Crippen LogP contribution is 2.63. The fourth-order valence-electron chi connectivity index (χ4n) is 6.19. The van der Waals surface area contributed by atoms with Gasteiger partial charge >= 0.3 is 0 Å². The molecule has 3 nitrogen and oxygen atoms in total. The highest BCUT2D eigenvalue weighted by molar-refractivity contribution is 5.82. The lowest BCUT2D eigenvalue weighted by atomic mass is 9.46. The van der Waals surface area contributed by atoms with Crippen molar-refractivity contribution in [2.24, 2.45) is 23.7 Å². The van der Waals surface area contributed by atoms with Gasteiger partial charge in [0.1, 0.15) is 5.78 Å². The molecule has 5 rings (SSSR count). The molecule has 0 amide bonds. The van der Waals surface area contributed by atoms with Crippen molar-refractivity contribution < 1.29 is 10.0 Å². The van der Waals surface area contributed by atoms with E-state index in [1.54, 1.807) is 0 Å². The average molecular weight is 262 g/mol. The SMILES string of the molecule is CC1(C)CC(=O)CC2(C3CC4CC(C3)CC2C4)N1[O]. The fraction of sp³-hybridized carbons (Fsp3) is 0.938. The number of carbonyl (C=O) groups excluding carboxylic acids is 1. The van der Waals surface area contributed by atoms with Crippen LogP contribution >= 0.6 is 0 Å². The molecule has 0 N–H and O–H groups in total. The predicted octanol–water partition coefficient (Wildman–Crippen LogP) is 2.97. The number of piperidine rings is 1. The van der Waals surface area contributed by atoms with E-state index in [0.717, 1.165) is 11.8 Å². The van der Waals surface area contributed by atoms with Gasteiger partial charge in [-0.2, -0.15) is 0 Å². The van der Waals surface area contributed by atoms with Gasteiger partial charge < -0.3 is 0 Å². The van der Waals surface area contributed by atoms with Crippen LogP contribution in [0.15, 0.2) is 0 Å². The van der Waals surface area contributed by atoms with E-state index in [1.165, 1.54) is 37.2 Å². The smallest absolute Gasteiger partial charge is 0.136 e. The number of Topliss-reactive ketones (excluding diaryl/α,β-unsaturated/α-hetero) is 1. The Bertz CT molecular complexity index is 400. The number of rotatable bonds is 0. The second kappa shape index (κ2) is 3.62. The zero-order chi connectivity index (χ0) is 13.4. The molecule has 105 valence electrons. The molecule has 0 atom stereocenters. The number of nitrogens with zero attached hydrogens (tertiary/aromatic N) is 1. The molecule has 4 bridgehead atoms. The lowest BCUT2D eigenvalue weighted by molar-refractivity contribution is -0.336. The number of hydrogen-bond acceptors (Lipinski definition) is 2. The highest BCUT2D eigenvalue weighted by Gasteiger charge is 2.64. The summed E-state index contributed by atoms with van der Waals surface area (Å²) in [5.74, 6) is 3.00.